The van der Waals surface area contributed by atoms with E-state index < -0.39 is 17.7 Å². The summed E-state index contributed by atoms with van der Waals surface area (Å²) in [5, 5.41) is 0. The molecule has 0 aliphatic carbocycles. The minimum atomic E-state index is -4.93. The zero-order valence-electron chi connectivity index (χ0n) is 8.02. The van der Waals surface area contributed by atoms with Crippen molar-refractivity contribution in [3.63, 3.8) is 0 Å². The number of halogens is 4. The molecule has 0 aromatic carbocycles. The van der Waals surface area contributed by atoms with E-state index >= 15 is 0 Å². The second-order valence-electron chi connectivity index (χ2n) is 2.70. The summed E-state index contributed by atoms with van der Waals surface area (Å²) in [6, 6.07) is 0.887. The lowest BCUT2D eigenvalue weighted by atomic mass is 10.3. The molecule has 0 fully saturated rings. The van der Waals surface area contributed by atoms with Crippen LogP contribution >= 0.6 is 11.6 Å². The molecule has 0 saturated carbocycles. The average molecular weight is 258 g/mol. The summed E-state index contributed by atoms with van der Waals surface area (Å²) in [6.07, 6.45) is -4.93. The number of pyridine rings is 1. The maximum Gasteiger partial charge on any atom is 0.573 e. The van der Waals surface area contributed by atoms with E-state index in [0.717, 1.165) is 6.07 Å². The number of nitrogens with one attached hydrogen (secondary N) is 1. The van der Waals surface area contributed by atoms with E-state index in [2.05, 4.69) is 9.72 Å². The molecule has 0 radical (unpaired) electrons. The molecule has 0 aliphatic rings. The number of alkyl halides is 4. The van der Waals surface area contributed by atoms with E-state index in [9.17, 15) is 18.0 Å². The normalized spacial score (nSPS) is 11.3. The molecule has 90 valence electrons. The van der Waals surface area contributed by atoms with Crippen LogP contribution in [-0.2, 0) is 5.88 Å². The van der Waals surface area contributed by atoms with Crippen LogP contribution in [0.15, 0.2) is 10.9 Å². The van der Waals surface area contributed by atoms with Gasteiger partial charge in [0.2, 0.25) is 0 Å². The van der Waals surface area contributed by atoms with Gasteiger partial charge in [-0.1, -0.05) is 0 Å². The van der Waals surface area contributed by atoms with Gasteiger partial charge in [-0.2, -0.15) is 0 Å². The fourth-order valence-corrected chi connectivity index (χ4v) is 1.21. The van der Waals surface area contributed by atoms with Gasteiger partial charge < -0.3 is 9.47 Å². The Bertz CT molecular complexity index is 430. The fraction of sp³-hybridized carbons (Fsp3) is 0.375. The molecule has 16 heavy (non-hydrogen) atoms. The molecule has 1 aromatic rings. The first kappa shape index (κ1) is 12.7. The molecule has 0 amide bonds. The number of hydrogen-bond acceptors (Lipinski definition) is 3. The summed E-state index contributed by atoms with van der Waals surface area (Å²) in [6.45, 7) is 0. The van der Waals surface area contributed by atoms with Gasteiger partial charge in [0.15, 0.2) is 11.6 Å². The second kappa shape index (κ2) is 4.65. The van der Waals surface area contributed by atoms with E-state index in [1.807, 2.05) is 0 Å². The Morgan fingerprint density at radius 1 is 1.50 bits per heavy atom. The molecular weight excluding hydrogens is 251 g/mol. The third-order valence-corrected chi connectivity index (χ3v) is 1.91. The molecule has 0 saturated heterocycles. The van der Waals surface area contributed by atoms with Crippen molar-refractivity contribution in [2.75, 3.05) is 7.11 Å². The summed E-state index contributed by atoms with van der Waals surface area (Å²) in [4.78, 5) is 13.2. The molecule has 1 N–H and O–H groups in total. The summed E-state index contributed by atoms with van der Waals surface area (Å²) in [5.41, 5.74) is -0.842. The number of methoxy groups -OCH3 is 1. The Kier molecular flexibility index (Phi) is 3.69. The van der Waals surface area contributed by atoms with Crippen LogP contribution in [0, 0.1) is 0 Å². The Morgan fingerprint density at radius 3 is 2.56 bits per heavy atom. The molecule has 4 nitrogen and oxygen atoms in total. The number of hydrogen-bond donors (Lipinski definition) is 1. The van der Waals surface area contributed by atoms with Crippen LogP contribution in [0.25, 0.3) is 0 Å². The molecule has 0 spiro atoms. The first-order chi connectivity index (χ1) is 7.37. The highest BCUT2D eigenvalue weighted by molar-refractivity contribution is 6.17. The lowest BCUT2D eigenvalue weighted by Crippen LogP contribution is -2.23. The summed E-state index contributed by atoms with van der Waals surface area (Å²) >= 11 is 5.47. The van der Waals surface area contributed by atoms with Crippen LogP contribution in [0.1, 0.15) is 5.56 Å². The fourth-order valence-electron chi connectivity index (χ4n) is 1.02. The average Bonchev–Trinajstić information content (AvgIpc) is 2.18. The Morgan fingerprint density at radius 2 is 2.12 bits per heavy atom. The minimum absolute atomic E-state index is 0.00882. The van der Waals surface area contributed by atoms with Gasteiger partial charge in [-0.15, -0.1) is 24.8 Å². The van der Waals surface area contributed by atoms with Crippen LogP contribution < -0.4 is 15.0 Å². The van der Waals surface area contributed by atoms with Crippen molar-refractivity contribution < 1.29 is 22.6 Å². The maximum absolute atomic E-state index is 11.9. The van der Waals surface area contributed by atoms with E-state index in [0.29, 0.717) is 0 Å². The van der Waals surface area contributed by atoms with Crippen LogP contribution in [0.2, 0.25) is 0 Å². The minimum Gasteiger partial charge on any atom is -0.482 e. The lowest BCUT2D eigenvalue weighted by molar-refractivity contribution is -0.275. The third kappa shape index (κ3) is 3.06. The van der Waals surface area contributed by atoms with E-state index in [1.54, 1.807) is 0 Å². The monoisotopic (exact) mass is 257 g/mol. The van der Waals surface area contributed by atoms with Gasteiger partial charge in [0.1, 0.15) is 0 Å². The number of ether oxygens (including phenoxy) is 2. The predicted molar refractivity (Wildman–Crippen MR) is 49.9 cm³/mol. The third-order valence-electron chi connectivity index (χ3n) is 1.62. The van der Waals surface area contributed by atoms with E-state index in [4.69, 9.17) is 16.3 Å². The Hall–Kier alpha value is -1.37. The van der Waals surface area contributed by atoms with Crippen molar-refractivity contribution in [1.29, 1.82) is 0 Å². The highest BCUT2D eigenvalue weighted by atomic mass is 35.5. The van der Waals surface area contributed by atoms with Crippen molar-refractivity contribution in [1.82, 2.24) is 4.98 Å². The topological polar surface area (TPSA) is 51.3 Å². The smallest absolute Gasteiger partial charge is 0.482 e. The largest absolute Gasteiger partial charge is 0.573 e. The zero-order chi connectivity index (χ0) is 12.3. The summed E-state index contributed by atoms with van der Waals surface area (Å²) in [7, 11) is 1.26. The second-order valence-corrected chi connectivity index (χ2v) is 2.97. The van der Waals surface area contributed by atoms with Crippen molar-refractivity contribution >= 4 is 11.6 Å². The van der Waals surface area contributed by atoms with Gasteiger partial charge in [-0.3, -0.25) is 9.78 Å². The van der Waals surface area contributed by atoms with E-state index in [-0.39, 0.29) is 17.3 Å². The Balaban J connectivity index is 3.17. The first-order valence-electron chi connectivity index (χ1n) is 3.99. The van der Waals surface area contributed by atoms with Crippen LogP contribution in [0.3, 0.4) is 0 Å². The van der Waals surface area contributed by atoms with Gasteiger partial charge in [-0.05, 0) is 6.07 Å². The lowest BCUT2D eigenvalue weighted by Gasteiger charge is -2.10. The predicted octanol–water partition coefficient (Wildman–Crippen LogP) is 2.02. The highest BCUT2D eigenvalue weighted by Gasteiger charge is 2.32. The van der Waals surface area contributed by atoms with Gasteiger partial charge in [0.05, 0.1) is 13.0 Å². The molecule has 0 aliphatic heterocycles. The molecular formula is C8H7ClF3NO3. The Labute approximate surface area is 92.9 Å². The molecule has 0 atom stereocenters. The number of H-pyrrole nitrogens is 1. The summed E-state index contributed by atoms with van der Waals surface area (Å²) in [5.74, 6) is -0.979. The van der Waals surface area contributed by atoms with Crippen molar-refractivity contribution in [3.05, 3.63) is 22.0 Å². The maximum atomic E-state index is 11.9. The van der Waals surface area contributed by atoms with Crippen molar-refractivity contribution in [3.8, 4) is 11.6 Å². The van der Waals surface area contributed by atoms with Gasteiger partial charge in [0, 0.05) is 5.56 Å². The molecule has 1 aromatic heterocycles. The molecule has 0 bridgehead atoms. The standard InChI is InChI=1S/C8H7ClF3NO3/c1-15-7-4(3-9)2-5(6(14)13-7)16-8(10,11)12/h2H,3H2,1H3,(H,13,14). The highest BCUT2D eigenvalue weighted by Crippen LogP contribution is 2.24. The number of rotatable bonds is 3. The van der Waals surface area contributed by atoms with Gasteiger partial charge >= 0.3 is 6.36 Å². The molecule has 1 heterocycles. The van der Waals surface area contributed by atoms with Crippen molar-refractivity contribution in [2.45, 2.75) is 12.2 Å². The molecule has 8 heteroatoms. The quantitative estimate of drug-likeness (QED) is 0.843. The van der Waals surface area contributed by atoms with Crippen molar-refractivity contribution in [2.24, 2.45) is 0 Å². The SMILES string of the molecule is COc1[nH]c(=O)c(OC(F)(F)F)cc1CCl. The zero-order valence-corrected chi connectivity index (χ0v) is 8.78. The van der Waals surface area contributed by atoms with Gasteiger partial charge in [0.25, 0.3) is 5.56 Å². The summed E-state index contributed by atoms with van der Waals surface area (Å²) < 4.78 is 43.9. The number of aromatic amines is 1. The number of aromatic nitrogens is 1. The van der Waals surface area contributed by atoms with Gasteiger partial charge in [-0.25, -0.2) is 0 Å². The molecule has 0 unspecified atom stereocenters. The molecule has 1 rings (SSSR count). The van der Waals surface area contributed by atoms with Crippen LogP contribution in [0.5, 0.6) is 11.6 Å². The van der Waals surface area contributed by atoms with E-state index in [1.165, 1.54) is 7.11 Å². The van der Waals surface area contributed by atoms with Crippen LogP contribution in [0.4, 0.5) is 13.2 Å². The first-order valence-corrected chi connectivity index (χ1v) is 4.52. The van der Waals surface area contributed by atoms with Crippen LogP contribution in [-0.4, -0.2) is 18.5 Å².